The Bertz CT molecular complexity index is 1190. The number of carbonyl (C=O) groups excluding carboxylic acids is 1. The lowest BCUT2D eigenvalue weighted by atomic mass is 9.80. The number of hydroxylamine groups is 2. The van der Waals surface area contributed by atoms with Crippen molar-refractivity contribution in [3.63, 3.8) is 0 Å². The first kappa shape index (κ1) is 24.9. The van der Waals surface area contributed by atoms with Crippen LogP contribution in [0.25, 0.3) is 0 Å². The summed E-state index contributed by atoms with van der Waals surface area (Å²) in [5.41, 5.74) is -1.02. The van der Waals surface area contributed by atoms with Gasteiger partial charge in [0.05, 0.1) is 0 Å². The Balaban J connectivity index is 2.54. The largest absolute Gasteiger partial charge is 0.453 e. The lowest BCUT2D eigenvalue weighted by molar-refractivity contribution is -0.258. The van der Waals surface area contributed by atoms with Crippen LogP contribution in [0.15, 0.2) is 0 Å². The van der Waals surface area contributed by atoms with E-state index in [-0.39, 0.29) is 6.10 Å². The summed E-state index contributed by atoms with van der Waals surface area (Å²) >= 11 is 0. The number of carbonyl (C=O) groups is 1. The molecule has 4 nitrogen and oxygen atoms in total. The van der Waals surface area contributed by atoms with Gasteiger partial charge in [-0.05, 0) is 118 Å². The van der Waals surface area contributed by atoms with Crippen molar-refractivity contribution in [1.82, 2.24) is 5.06 Å². The maximum atomic E-state index is 11.9. The Hall–Kier alpha value is -4.13. The standard InChI is InChI=1S/C27H21NO3/c1-6-7-8-9-10-11-12-13-14-15-16-17-18-19-20-21-25(29)31-24-22-26(2,3)28(30)27(4,5)23-24/h24,30H,22-23H2,1-5H3. The Morgan fingerprint density at radius 3 is 1.48 bits per heavy atom. The molecule has 0 aromatic carbocycles. The molecular formula is C27H21NO3. The van der Waals surface area contributed by atoms with Gasteiger partial charge in [0, 0.05) is 29.8 Å². The minimum absolute atomic E-state index is 0.332. The zero-order valence-electron chi connectivity index (χ0n) is 18.2. The fourth-order valence-corrected chi connectivity index (χ4v) is 2.96. The average Bonchev–Trinajstić information content (AvgIpc) is 2.68. The van der Waals surface area contributed by atoms with E-state index in [1.165, 1.54) is 5.06 Å². The maximum absolute atomic E-state index is 11.9. The van der Waals surface area contributed by atoms with Gasteiger partial charge in [0.2, 0.25) is 0 Å². The number of ether oxygens (including phenoxy) is 1. The van der Waals surface area contributed by atoms with Crippen LogP contribution in [0.2, 0.25) is 0 Å². The van der Waals surface area contributed by atoms with E-state index in [9.17, 15) is 10.0 Å². The van der Waals surface area contributed by atoms with Gasteiger partial charge in [0.1, 0.15) is 6.10 Å². The van der Waals surface area contributed by atoms with E-state index in [1.807, 2.05) is 27.7 Å². The van der Waals surface area contributed by atoms with Crippen molar-refractivity contribution in [3.8, 4) is 94.7 Å². The van der Waals surface area contributed by atoms with Crippen LogP contribution in [-0.4, -0.2) is 33.4 Å². The first-order valence-electron chi connectivity index (χ1n) is 9.31. The van der Waals surface area contributed by atoms with Crippen LogP contribution in [0.4, 0.5) is 0 Å². The second-order valence-electron chi connectivity index (χ2n) is 7.50. The third-order valence-corrected chi connectivity index (χ3v) is 3.98. The molecule has 0 aliphatic carbocycles. The lowest BCUT2D eigenvalue weighted by Gasteiger charge is -2.50. The number of piperidine rings is 1. The molecule has 152 valence electrons. The molecule has 31 heavy (non-hydrogen) atoms. The van der Waals surface area contributed by atoms with E-state index in [0.29, 0.717) is 12.8 Å². The van der Waals surface area contributed by atoms with Gasteiger partial charge in [-0.2, -0.15) is 5.06 Å². The molecule has 0 saturated carbocycles. The zero-order chi connectivity index (χ0) is 23.2. The monoisotopic (exact) mass is 407 g/mol. The molecule has 1 N–H and O–H groups in total. The van der Waals surface area contributed by atoms with Crippen LogP contribution < -0.4 is 0 Å². The van der Waals surface area contributed by atoms with Gasteiger partial charge in [-0.25, -0.2) is 4.79 Å². The van der Waals surface area contributed by atoms with Crippen molar-refractivity contribution in [2.45, 2.75) is 64.6 Å². The van der Waals surface area contributed by atoms with E-state index < -0.39 is 17.0 Å². The quantitative estimate of drug-likeness (QED) is 0.410. The highest BCUT2D eigenvalue weighted by Gasteiger charge is 2.46. The third-order valence-electron chi connectivity index (χ3n) is 3.98. The van der Waals surface area contributed by atoms with E-state index in [1.54, 1.807) is 6.92 Å². The minimum atomic E-state index is -0.659. The number of esters is 1. The summed E-state index contributed by atoms with van der Waals surface area (Å²) < 4.78 is 5.41. The Kier molecular flexibility index (Phi) is 9.99. The van der Waals surface area contributed by atoms with Crippen molar-refractivity contribution in [2.24, 2.45) is 0 Å². The fourth-order valence-electron chi connectivity index (χ4n) is 2.96. The SMILES string of the molecule is CC#CC#CC#CC#CC#CC#CC#CC#CC(=O)OC1CC(C)(C)N(O)C(C)(C)C1. The summed E-state index contributed by atoms with van der Waals surface area (Å²) in [7, 11) is 0. The molecule has 1 saturated heterocycles. The van der Waals surface area contributed by atoms with Gasteiger partial charge < -0.3 is 9.94 Å². The second kappa shape index (κ2) is 12.4. The summed E-state index contributed by atoms with van der Waals surface area (Å²) in [4.78, 5) is 11.9. The van der Waals surface area contributed by atoms with E-state index >= 15 is 0 Å². The van der Waals surface area contributed by atoms with E-state index in [0.717, 1.165) is 0 Å². The molecule has 0 radical (unpaired) electrons. The van der Waals surface area contributed by atoms with Gasteiger partial charge in [-0.3, -0.25) is 0 Å². The summed E-state index contributed by atoms with van der Waals surface area (Å²) in [5.74, 6) is 39.2. The molecule has 0 atom stereocenters. The molecule has 0 bridgehead atoms. The number of hydrogen-bond acceptors (Lipinski definition) is 4. The third kappa shape index (κ3) is 9.76. The normalized spacial score (nSPS) is 14.8. The van der Waals surface area contributed by atoms with Crippen molar-refractivity contribution in [3.05, 3.63) is 0 Å². The van der Waals surface area contributed by atoms with Crippen molar-refractivity contribution in [2.75, 3.05) is 0 Å². The molecule has 0 aromatic rings. The first-order valence-corrected chi connectivity index (χ1v) is 9.31. The van der Waals surface area contributed by atoms with Crippen LogP contribution in [-0.2, 0) is 9.53 Å². The minimum Gasteiger partial charge on any atom is -0.453 e. The molecular weight excluding hydrogens is 386 g/mol. The predicted molar refractivity (Wildman–Crippen MR) is 119 cm³/mol. The smallest absolute Gasteiger partial charge is 0.385 e. The highest BCUT2D eigenvalue weighted by Crippen LogP contribution is 2.37. The molecule has 1 fully saturated rings. The molecule has 0 aromatic heterocycles. The van der Waals surface area contributed by atoms with Gasteiger partial charge in [-0.1, -0.05) is 5.92 Å². The Morgan fingerprint density at radius 1 is 0.742 bits per heavy atom. The molecule has 0 spiro atoms. The molecule has 4 heteroatoms. The number of rotatable bonds is 1. The molecule has 1 rings (SSSR count). The lowest BCUT2D eigenvalue weighted by Crippen LogP contribution is -2.60. The number of hydrogen-bond donors (Lipinski definition) is 1. The van der Waals surface area contributed by atoms with Crippen LogP contribution in [0, 0.1) is 94.7 Å². The van der Waals surface area contributed by atoms with Gasteiger partial charge in [0.25, 0.3) is 0 Å². The highest BCUT2D eigenvalue weighted by molar-refractivity contribution is 5.89. The summed E-state index contributed by atoms with van der Waals surface area (Å²) in [6.07, 6.45) is 0.679. The second-order valence-corrected chi connectivity index (χ2v) is 7.50. The average molecular weight is 407 g/mol. The molecule has 0 amide bonds. The summed E-state index contributed by atoms with van der Waals surface area (Å²) in [6, 6.07) is 0. The van der Waals surface area contributed by atoms with Crippen LogP contribution in [0.1, 0.15) is 47.5 Å². The predicted octanol–water partition coefficient (Wildman–Crippen LogP) is 1.99. The van der Waals surface area contributed by atoms with Gasteiger partial charge in [-0.15, -0.1) is 0 Å². The van der Waals surface area contributed by atoms with Crippen LogP contribution in [0.5, 0.6) is 0 Å². The van der Waals surface area contributed by atoms with Crippen molar-refractivity contribution >= 4 is 5.97 Å². The van der Waals surface area contributed by atoms with E-state index in [4.69, 9.17) is 4.74 Å². The summed E-state index contributed by atoms with van der Waals surface area (Å²) in [6.45, 7) is 9.27. The van der Waals surface area contributed by atoms with Crippen molar-refractivity contribution < 1.29 is 14.7 Å². The van der Waals surface area contributed by atoms with Gasteiger partial charge in [0.15, 0.2) is 0 Å². The van der Waals surface area contributed by atoms with Crippen LogP contribution in [0.3, 0.4) is 0 Å². The van der Waals surface area contributed by atoms with Crippen molar-refractivity contribution in [1.29, 1.82) is 0 Å². The Labute approximate surface area is 185 Å². The molecule has 1 heterocycles. The van der Waals surface area contributed by atoms with E-state index in [2.05, 4.69) is 94.7 Å². The van der Waals surface area contributed by atoms with Crippen LogP contribution >= 0.6 is 0 Å². The number of nitrogens with zero attached hydrogens (tertiary/aromatic N) is 1. The summed E-state index contributed by atoms with van der Waals surface area (Å²) in [5, 5.41) is 11.6. The topological polar surface area (TPSA) is 49.8 Å². The first-order chi connectivity index (χ1) is 14.7. The fraction of sp³-hybridized carbons (Fsp3) is 0.370. The maximum Gasteiger partial charge on any atom is 0.385 e. The molecule has 1 aliphatic heterocycles. The highest BCUT2D eigenvalue weighted by atomic mass is 16.5. The molecule has 0 unspecified atom stereocenters. The molecule has 1 aliphatic rings. The van der Waals surface area contributed by atoms with Gasteiger partial charge >= 0.3 is 5.97 Å². The Morgan fingerprint density at radius 2 is 1.10 bits per heavy atom. The zero-order valence-corrected chi connectivity index (χ0v) is 18.2.